The highest BCUT2D eigenvalue weighted by Crippen LogP contribution is 2.16. The highest BCUT2D eigenvalue weighted by atomic mass is 16.2. The van der Waals surface area contributed by atoms with Gasteiger partial charge in [0.2, 0.25) is 5.91 Å². The average molecular weight is 260 g/mol. The maximum Gasteiger partial charge on any atom is 0.224 e. The molecule has 2 rings (SSSR count). The Bertz CT molecular complexity index is 405. The zero-order valence-corrected chi connectivity index (χ0v) is 12.0. The second kappa shape index (κ2) is 6.60. The molecule has 1 N–H and O–H groups in total. The molecule has 0 spiro atoms. The Balaban J connectivity index is 1.70. The molecule has 0 saturated carbocycles. The van der Waals surface area contributed by atoms with Crippen molar-refractivity contribution in [3.63, 3.8) is 0 Å². The lowest BCUT2D eigenvalue weighted by Crippen LogP contribution is -2.38. The fourth-order valence-electron chi connectivity index (χ4n) is 2.40. The van der Waals surface area contributed by atoms with E-state index >= 15 is 0 Å². The van der Waals surface area contributed by atoms with Gasteiger partial charge in [-0.05, 0) is 37.8 Å². The third kappa shape index (κ3) is 4.27. The van der Waals surface area contributed by atoms with E-state index in [1.165, 1.54) is 5.56 Å². The van der Waals surface area contributed by atoms with Crippen molar-refractivity contribution in [2.45, 2.75) is 33.1 Å². The van der Waals surface area contributed by atoms with Crippen LogP contribution in [0.4, 0.5) is 5.69 Å². The molecule has 1 saturated heterocycles. The molecule has 0 unspecified atom stereocenters. The van der Waals surface area contributed by atoms with Crippen LogP contribution in [0.3, 0.4) is 0 Å². The minimum Gasteiger partial charge on any atom is -0.385 e. The van der Waals surface area contributed by atoms with Gasteiger partial charge in [-0.25, -0.2) is 0 Å². The number of nitrogens with one attached hydrogen (secondary N) is 1. The van der Waals surface area contributed by atoms with Gasteiger partial charge in [0.25, 0.3) is 0 Å². The SMILES string of the molecule is Cc1ccc(NCCC(=O)N2CCC(C)CC2)cc1. The first-order chi connectivity index (χ1) is 9.15. The van der Waals surface area contributed by atoms with Crippen LogP contribution < -0.4 is 5.32 Å². The van der Waals surface area contributed by atoms with E-state index in [0.717, 1.165) is 37.5 Å². The Morgan fingerprint density at radius 3 is 2.53 bits per heavy atom. The summed E-state index contributed by atoms with van der Waals surface area (Å²) in [6, 6.07) is 8.27. The van der Waals surface area contributed by atoms with Crippen molar-refractivity contribution in [2.75, 3.05) is 25.0 Å². The van der Waals surface area contributed by atoms with Crippen molar-refractivity contribution in [3.05, 3.63) is 29.8 Å². The number of anilines is 1. The minimum absolute atomic E-state index is 0.284. The summed E-state index contributed by atoms with van der Waals surface area (Å²) in [6.45, 7) is 6.93. The van der Waals surface area contributed by atoms with E-state index in [4.69, 9.17) is 0 Å². The first-order valence-corrected chi connectivity index (χ1v) is 7.23. The van der Waals surface area contributed by atoms with Crippen molar-refractivity contribution in [1.82, 2.24) is 4.90 Å². The number of aryl methyl sites for hydroxylation is 1. The summed E-state index contributed by atoms with van der Waals surface area (Å²) < 4.78 is 0. The van der Waals surface area contributed by atoms with Gasteiger partial charge in [0.15, 0.2) is 0 Å². The largest absolute Gasteiger partial charge is 0.385 e. The number of likely N-dealkylation sites (tertiary alicyclic amines) is 1. The highest BCUT2D eigenvalue weighted by Gasteiger charge is 2.19. The third-order valence-electron chi connectivity index (χ3n) is 3.86. The van der Waals surface area contributed by atoms with Gasteiger partial charge in [0.1, 0.15) is 0 Å². The third-order valence-corrected chi connectivity index (χ3v) is 3.86. The summed E-state index contributed by atoms with van der Waals surface area (Å²) in [5.74, 6) is 1.06. The lowest BCUT2D eigenvalue weighted by Gasteiger charge is -2.30. The Labute approximate surface area is 116 Å². The quantitative estimate of drug-likeness (QED) is 0.902. The van der Waals surface area contributed by atoms with E-state index in [1.807, 2.05) is 4.90 Å². The van der Waals surface area contributed by atoms with Gasteiger partial charge in [-0.15, -0.1) is 0 Å². The van der Waals surface area contributed by atoms with Crippen LogP contribution in [0.5, 0.6) is 0 Å². The van der Waals surface area contributed by atoms with Crippen molar-refractivity contribution in [2.24, 2.45) is 5.92 Å². The van der Waals surface area contributed by atoms with Crippen molar-refractivity contribution in [3.8, 4) is 0 Å². The summed E-state index contributed by atoms with van der Waals surface area (Å²) in [4.78, 5) is 14.0. The molecule has 1 aliphatic heterocycles. The topological polar surface area (TPSA) is 32.3 Å². The molecule has 1 aromatic rings. The molecule has 0 radical (unpaired) electrons. The number of piperidine rings is 1. The molecule has 0 aromatic heterocycles. The van der Waals surface area contributed by atoms with Gasteiger partial charge in [0, 0.05) is 31.7 Å². The summed E-state index contributed by atoms with van der Waals surface area (Å²) in [5.41, 5.74) is 2.34. The van der Waals surface area contributed by atoms with Crippen molar-refractivity contribution < 1.29 is 4.79 Å². The van der Waals surface area contributed by atoms with E-state index < -0.39 is 0 Å². The number of carbonyl (C=O) groups excluding carboxylic acids is 1. The van der Waals surface area contributed by atoms with Crippen LogP contribution in [0.2, 0.25) is 0 Å². The molecule has 3 heteroatoms. The predicted molar refractivity (Wildman–Crippen MR) is 79.3 cm³/mol. The number of hydrogen-bond acceptors (Lipinski definition) is 2. The molecule has 0 aliphatic carbocycles. The predicted octanol–water partition coefficient (Wildman–Crippen LogP) is 3.06. The number of rotatable bonds is 4. The number of amides is 1. The van der Waals surface area contributed by atoms with Crippen LogP contribution in [0.15, 0.2) is 24.3 Å². The molecule has 0 atom stereocenters. The van der Waals surface area contributed by atoms with E-state index in [1.54, 1.807) is 0 Å². The Morgan fingerprint density at radius 1 is 1.26 bits per heavy atom. The summed E-state index contributed by atoms with van der Waals surface area (Å²) >= 11 is 0. The number of nitrogens with zero attached hydrogens (tertiary/aromatic N) is 1. The fraction of sp³-hybridized carbons (Fsp3) is 0.562. The normalized spacial score (nSPS) is 16.4. The molecular formula is C16H24N2O. The van der Waals surface area contributed by atoms with E-state index in [-0.39, 0.29) is 5.91 Å². The second-order valence-electron chi connectivity index (χ2n) is 5.61. The lowest BCUT2D eigenvalue weighted by molar-refractivity contribution is -0.132. The maximum atomic E-state index is 12.0. The van der Waals surface area contributed by atoms with Crippen molar-refractivity contribution in [1.29, 1.82) is 0 Å². The molecule has 1 heterocycles. The second-order valence-corrected chi connectivity index (χ2v) is 5.61. The van der Waals surface area contributed by atoms with Crippen LogP contribution in [0, 0.1) is 12.8 Å². The summed E-state index contributed by atoms with van der Waals surface area (Å²) in [6.07, 6.45) is 2.89. The van der Waals surface area contributed by atoms with E-state index in [0.29, 0.717) is 13.0 Å². The number of hydrogen-bond donors (Lipinski definition) is 1. The van der Waals surface area contributed by atoms with Gasteiger partial charge in [-0.2, -0.15) is 0 Å². The Morgan fingerprint density at radius 2 is 1.89 bits per heavy atom. The molecule has 19 heavy (non-hydrogen) atoms. The number of benzene rings is 1. The molecule has 3 nitrogen and oxygen atoms in total. The number of carbonyl (C=O) groups is 1. The fourth-order valence-corrected chi connectivity index (χ4v) is 2.40. The van der Waals surface area contributed by atoms with Crippen LogP contribution >= 0.6 is 0 Å². The summed E-state index contributed by atoms with van der Waals surface area (Å²) in [7, 11) is 0. The van der Waals surface area contributed by atoms with Crippen LogP contribution in [-0.2, 0) is 4.79 Å². The van der Waals surface area contributed by atoms with Crippen LogP contribution in [-0.4, -0.2) is 30.4 Å². The molecule has 104 valence electrons. The summed E-state index contributed by atoms with van der Waals surface area (Å²) in [5, 5.41) is 3.30. The molecule has 1 aromatic carbocycles. The Hall–Kier alpha value is -1.51. The smallest absolute Gasteiger partial charge is 0.224 e. The minimum atomic E-state index is 0.284. The van der Waals surface area contributed by atoms with Gasteiger partial charge >= 0.3 is 0 Å². The molecule has 0 bridgehead atoms. The molecule has 1 aliphatic rings. The average Bonchev–Trinajstić information content (AvgIpc) is 2.41. The first-order valence-electron chi connectivity index (χ1n) is 7.23. The van der Waals surface area contributed by atoms with Gasteiger partial charge in [0.05, 0.1) is 0 Å². The van der Waals surface area contributed by atoms with E-state index in [9.17, 15) is 4.79 Å². The standard InChI is InChI=1S/C16H24N2O/c1-13-3-5-15(6-4-13)17-10-7-16(19)18-11-8-14(2)9-12-18/h3-6,14,17H,7-12H2,1-2H3. The lowest BCUT2D eigenvalue weighted by atomic mass is 9.99. The van der Waals surface area contributed by atoms with Gasteiger partial charge in [-0.1, -0.05) is 24.6 Å². The maximum absolute atomic E-state index is 12.0. The highest BCUT2D eigenvalue weighted by molar-refractivity contribution is 5.76. The monoisotopic (exact) mass is 260 g/mol. The van der Waals surface area contributed by atoms with Gasteiger partial charge < -0.3 is 10.2 Å². The van der Waals surface area contributed by atoms with Crippen molar-refractivity contribution >= 4 is 11.6 Å². The molecule has 1 fully saturated rings. The van der Waals surface area contributed by atoms with E-state index in [2.05, 4.69) is 43.4 Å². The van der Waals surface area contributed by atoms with Crippen LogP contribution in [0.1, 0.15) is 31.7 Å². The van der Waals surface area contributed by atoms with Gasteiger partial charge in [-0.3, -0.25) is 4.79 Å². The molecule has 1 amide bonds. The Kier molecular flexibility index (Phi) is 4.83. The van der Waals surface area contributed by atoms with Crippen LogP contribution in [0.25, 0.3) is 0 Å². The zero-order chi connectivity index (χ0) is 13.7. The zero-order valence-electron chi connectivity index (χ0n) is 12.0. The molecular weight excluding hydrogens is 236 g/mol. The first kappa shape index (κ1) is 13.9.